The number of aryl methyl sites for hydroxylation is 1. The van der Waals surface area contributed by atoms with Gasteiger partial charge in [0.2, 0.25) is 5.91 Å². The molecule has 0 atom stereocenters. The molecule has 28 heavy (non-hydrogen) atoms. The highest BCUT2D eigenvalue weighted by Crippen LogP contribution is 2.34. The first kappa shape index (κ1) is 20.9. The largest absolute Gasteiger partial charge is 0.325 e. The average molecular weight is 422 g/mol. The van der Waals surface area contributed by atoms with Gasteiger partial charge in [-0.2, -0.15) is 0 Å². The van der Waals surface area contributed by atoms with Crippen molar-refractivity contribution in [1.82, 2.24) is 9.55 Å². The van der Waals surface area contributed by atoms with E-state index < -0.39 is 9.84 Å². The highest BCUT2D eigenvalue weighted by Gasteiger charge is 2.22. The van der Waals surface area contributed by atoms with E-state index in [2.05, 4.69) is 21.8 Å². The number of thioether (sulfide) groups is 1. The topological polar surface area (TPSA) is 81.1 Å². The van der Waals surface area contributed by atoms with E-state index in [4.69, 9.17) is 0 Å². The van der Waals surface area contributed by atoms with Gasteiger partial charge in [0.1, 0.15) is 0 Å². The number of anilines is 1. The molecule has 1 amide bonds. The Bertz CT molecular complexity index is 961. The molecule has 1 N–H and O–H groups in total. The van der Waals surface area contributed by atoms with E-state index in [1.807, 2.05) is 6.92 Å². The Hall–Kier alpha value is -1.80. The Balaban J connectivity index is 1.68. The van der Waals surface area contributed by atoms with Crippen molar-refractivity contribution in [3.05, 3.63) is 35.7 Å². The summed E-state index contributed by atoms with van der Waals surface area (Å²) in [6.45, 7) is 4.10. The summed E-state index contributed by atoms with van der Waals surface area (Å²) in [5, 5.41) is 3.67. The van der Waals surface area contributed by atoms with Crippen LogP contribution in [0.25, 0.3) is 0 Å². The fourth-order valence-corrected chi connectivity index (χ4v) is 5.22. The number of hydrogen-bond donors (Lipinski definition) is 1. The molecule has 1 heterocycles. The Morgan fingerprint density at radius 3 is 2.64 bits per heavy atom. The molecule has 0 radical (unpaired) electrons. The molecule has 1 aromatic carbocycles. The van der Waals surface area contributed by atoms with Crippen molar-refractivity contribution in [3.8, 4) is 0 Å². The van der Waals surface area contributed by atoms with Gasteiger partial charge in [-0.3, -0.25) is 4.79 Å². The number of aromatic nitrogens is 2. The number of nitrogens with zero attached hydrogens (tertiary/aromatic N) is 2. The predicted octanol–water partition coefficient (Wildman–Crippen LogP) is 4.14. The molecule has 1 aromatic heterocycles. The molecule has 1 saturated carbocycles. The third kappa shape index (κ3) is 4.97. The van der Waals surface area contributed by atoms with E-state index in [-0.39, 0.29) is 16.6 Å². The van der Waals surface area contributed by atoms with Crippen LogP contribution in [0.4, 0.5) is 5.69 Å². The Kier molecular flexibility index (Phi) is 6.50. The maximum atomic E-state index is 12.4. The number of rotatable bonds is 6. The minimum absolute atomic E-state index is 0.177. The second-order valence-corrected chi connectivity index (χ2v) is 10.3. The van der Waals surface area contributed by atoms with Gasteiger partial charge in [-0.15, -0.1) is 0 Å². The van der Waals surface area contributed by atoms with Crippen LogP contribution in [0.2, 0.25) is 0 Å². The van der Waals surface area contributed by atoms with Crippen molar-refractivity contribution < 1.29 is 13.2 Å². The average Bonchev–Trinajstić information content (AvgIpc) is 2.94. The van der Waals surface area contributed by atoms with Crippen LogP contribution in [-0.2, 0) is 14.6 Å². The predicted molar refractivity (Wildman–Crippen MR) is 113 cm³/mol. The van der Waals surface area contributed by atoms with Gasteiger partial charge in [-0.25, -0.2) is 13.4 Å². The molecule has 0 spiro atoms. The summed E-state index contributed by atoms with van der Waals surface area (Å²) < 4.78 is 25.7. The standard InChI is InChI=1S/C20H27N3O3S2/c1-14-15(2)23(17-9-5-4-6-10-17)20(21-14)27-13-19(24)22-16-8-7-11-18(12-16)28(3,25)26/h7-8,11-12,17H,4-6,9-10,13H2,1-3H3,(H,22,24). The smallest absolute Gasteiger partial charge is 0.234 e. The second-order valence-electron chi connectivity index (χ2n) is 7.36. The van der Waals surface area contributed by atoms with Gasteiger partial charge in [0, 0.05) is 23.7 Å². The molecule has 1 aliphatic carbocycles. The lowest BCUT2D eigenvalue weighted by Gasteiger charge is -2.26. The number of amides is 1. The fourth-order valence-electron chi connectivity index (χ4n) is 3.60. The van der Waals surface area contributed by atoms with Crippen molar-refractivity contribution in [2.45, 2.75) is 62.0 Å². The van der Waals surface area contributed by atoms with Crippen LogP contribution in [0, 0.1) is 13.8 Å². The van der Waals surface area contributed by atoms with E-state index in [1.165, 1.54) is 48.9 Å². The number of sulfone groups is 1. The molecule has 3 rings (SSSR count). The molecule has 0 bridgehead atoms. The molecule has 1 aliphatic rings. The lowest BCUT2D eigenvalue weighted by atomic mass is 9.95. The normalized spacial score (nSPS) is 15.5. The van der Waals surface area contributed by atoms with E-state index in [0.29, 0.717) is 11.7 Å². The van der Waals surface area contributed by atoms with Crippen molar-refractivity contribution in [2.24, 2.45) is 0 Å². The molecule has 1 fully saturated rings. The lowest BCUT2D eigenvalue weighted by molar-refractivity contribution is -0.113. The van der Waals surface area contributed by atoms with E-state index in [0.717, 1.165) is 29.9 Å². The number of imidazole rings is 1. The summed E-state index contributed by atoms with van der Waals surface area (Å²) in [5.41, 5.74) is 2.67. The van der Waals surface area contributed by atoms with Gasteiger partial charge in [0.05, 0.1) is 16.3 Å². The summed E-state index contributed by atoms with van der Waals surface area (Å²) in [5.74, 6) is 0.0512. The quantitative estimate of drug-likeness (QED) is 0.709. The zero-order chi connectivity index (χ0) is 20.3. The molecule has 0 aliphatic heterocycles. The van der Waals surface area contributed by atoms with Gasteiger partial charge in [0.25, 0.3) is 0 Å². The van der Waals surface area contributed by atoms with Crippen molar-refractivity contribution in [1.29, 1.82) is 0 Å². The van der Waals surface area contributed by atoms with Gasteiger partial charge in [-0.1, -0.05) is 37.1 Å². The van der Waals surface area contributed by atoms with Gasteiger partial charge in [-0.05, 0) is 44.9 Å². The van der Waals surface area contributed by atoms with Crippen LogP contribution in [0.5, 0.6) is 0 Å². The lowest BCUT2D eigenvalue weighted by Crippen LogP contribution is -2.17. The van der Waals surface area contributed by atoms with Crippen LogP contribution in [0.3, 0.4) is 0 Å². The molecule has 152 valence electrons. The summed E-state index contributed by atoms with van der Waals surface area (Å²) >= 11 is 1.43. The van der Waals surface area contributed by atoms with Crippen LogP contribution >= 0.6 is 11.8 Å². The first-order chi connectivity index (χ1) is 13.3. The summed E-state index contributed by atoms with van der Waals surface area (Å²) in [6, 6.07) is 6.78. The molecular formula is C20H27N3O3S2. The highest BCUT2D eigenvalue weighted by atomic mass is 32.2. The number of carbonyl (C=O) groups is 1. The third-order valence-corrected chi connectivity index (χ3v) is 7.24. The SMILES string of the molecule is Cc1nc(SCC(=O)Nc2cccc(S(C)(=O)=O)c2)n(C2CCCCC2)c1C. The monoisotopic (exact) mass is 421 g/mol. The van der Waals surface area contributed by atoms with Gasteiger partial charge < -0.3 is 9.88 Å². The minimum Gasteiger partial charge on any atom is -0.325 e. The molecular weight excluding hydrogens is 394 g/mol. The highest BCUT2D eigenvalue weighted by molar-refractivity contribution is 7.99. The molecule has 6 nitrogen and oxygen atoms in total. The fraction of sp³-hybridized carbons (Fsp3) is 0.500. The van der Waals surface area contributed by atoms with E-state index in [1.54, 1.807) is 12.1 Å². The Morgan fingerprint density at radius 2 is 1.96 bits per heavy atom. The van der Waals surface area contributed by atoms with Gasteiger partial charge in [0.15, 0.2) is 15.0 Å². The van der Waals surface area contributed by atoms with Crippen molar-refractivity contribution in [3.63, 3.8) is 0 Å². The third-order valence-electron chi connectivity index (χ3n) is 5.17. The molecule has 2 aromatic rings. The number of hydrogen-bond acceptors (Lipinski definition) is 5. The van der Waals surface area contributed by atoms with Crippen LogP contribution < -0.4 is 5.32 Å². The minimum atomic E-state index is -3.31. The first-order valence-electron chi connectivity index (χ1n) is 9.54. The Morgan fingerprint density at radius 1 is 1.25 bits per heavy atom. The Labute approximate surface area is 171 Å². The second kappa shape index (κ2) is 8.69. The van der Waals surface area contributed by atoms with E-state index in [9.17, 15) is 13.2 Å². The van der Waals surface area contributed by atoms with Crippen LogP contribution in [0.1, 0.15) is 49.5 Å². The number of benzene rings is 1. The summed E-state index contributed by atoms with van der Waals surface area (Å²) in [4.78, 5) is 17.3. The van der Waals surface area contributed by atoms with Crippen molar-refractivity contribution in [2.75, 3.05) is 17.3 Å². The number of carbonyl (C=O) groups excluding carboxylic acids is 1. The van der Waals surface area contributed by atoms with Crippen LogP contribution in [0.15, 0.2) is 34.3 Å². The first-order valence-corrected chi connectivity index (χ1v) is 12.4. The van der Waals surface area contributed by atoms with E-state index >= 15 is 0 Å². The zero-order valence-electron chi connectivity index (χ0n) is 16.6. The molecule has 0 saturated heterocycles. The summed E-state index contributed by atoms with van der Waals surface area (Å²) in [7, 11) is -3.31. The molecule has 0 unspecified atom stereocenters. The van der Waals surface area contributed by atoms with Gasteiger partial charge >= 0.3 is 0 Å². The summed E-state index contributed by atoms with van der Waals surface area (Å²) in [6.07, 6.45) is 7.24. The zero-order valence-corrected chi connectivity index (χ0v) is 18.2. The molecule has 8 heteroatoms. The van der Waals surface area contributed by atoms with Crippen molar-refractivity contribution >= 4 is 33.2 Å². The van der Waals surface area contributed by atoms with Crippen LogP contribution in [-0.4, -0.2) is 35.9 Å². The number of nitrogens with one attached hydrogen (secondary N) is 1. The maximum Gasteiger partial charge on any atom is 0.234 e. The maximum absolute atomic E-state index is 12.4.